The van der Waals surface area contributed by atoms with Gasteiger partial charge in [-0.05, 0) is 12.5 Å². The Labute approximate surface area is 109 Å². The zero-order valence-electron chi connectivity index (χ0n) is 11.1. The van der Waals surface area contributed by atoms with Gasteiger partial charge in [-0.1, -0.05) is 30.3 Å². The minimum absolute atomic E-state index is 0.000162. The second kappa shape index (κ2) is 9.05. The van der Waals surface area contributed by atoms with Crippen LogP contribution in [0.15, 0.2) is 30.3 Å². The first-order valence-electron chi connectivity index (χ1n) is 6.28. The number of benzene rings is 1. The van der Waals surface area contributed by atoms with Gasteiger partial charge in [-0.2, -0.15) is 0 Å². The molecule has 0 bridgehead atoms. The molecule has 0 saturated heterocycles. The molecule has 0 fully saturated rings. The molecule has 0 heterocycles. The lowest BCUT2D eigenvalue weighted by Gasteiger charge is -2.17. The molecule has 1 rings (SSSR count). The third-order valence-corrected chi connectivity index (χ3v) is 2.67. The van der Waals surface area contributed by atoms with Crippen LogP contribution in [0.3, 0.4) is 0 Å². The zero-order chi connectivity index (χ0) is 13.2. The summed E-state index contributed by atoms with van der Waals surface area (Å²) in [5.41, 5.74) is 1.12. The minimum atomic E-state index is -0.493. The summed E-state index contributed by atoms with van der Waals surface area (Å²) in [5, 5.41) is 12.8. The summed E-state index contributed by atoms with van der Waals surface area (Å²) in [6.07, 6.45) is -0.493. The fraction of sp³-hybridized carbons (Fsp3) is 0.571. The normalized spacial score (nSPS) is 14.4. The van der Waals surface area contributed by atoms with Crippen molar-refractivity contribution in [3.8, 4) is 0 Å². The SMILES string of the molecule is COCCNC[C@@H](O)CO[C@H](C)c1ccccc1. The quantitative estimate of drug-likeness (QED) is 0.653. The smallest absolute Gasteiger partial charge is 0.0897 e. The molecular formula is C14H23NO3. The fourth-order valence-electron chi connectivity index (χ4n) is 1.58. The van der Waals surface area contributed by atoms with Crippen molar-refractivity contribution in [1.82, 2.24) is 5.32 Å². The molecule has 0 saturated carbocycles. The van der Waals surface area contributed by atoms with E-state index in [1.165, 1.54) is 0 Å². The Morgan fingerprint density at radius 1 is 1.28 bits per heavy atom. The van der Waals surface area contributed by atoms with Crippen LogP contribution in [0.1, 0.15) is 18.6 Å². The van der Waals surface area contributed by atoms with E-state index in [4.69, 9.17) is 9.47 Å². The van der Waals surface area contributed by atoms with Gasteiger partial charge in [-0.15, -0.1) is 0 Å². The van der Waals surface area contributed by atoms with Crippen molar-refractivity contribution >= 4 is 0 Å². The number of rotatable bonds is 9. The average molecular weight is 253 g/mol. The first-order chi connectivity index (χ1) is 8.74. The summed E-state index contributed by atoms with van der Waals surface area (Å²) in [7, 11) is 1.66. The lowest BCUT2D eigenvalue weighted by molar-refractivity contribution is -0.00237. The van der Waals surface area contributed by atoms with Crippen LogP contribution < -0.4 is 5.32 Å². The third kappa shape index (κ3) is 6.12. The van der Waals surface area contributed by atoms with Gasteiger partial charge in [0, 0.05) is 20.2 Å². The van der Waals surface area contributed by atoms with E-state index in [0.29, 0.717) is 19.8 Å². The molecule has 0 amide bonds. The molecule has 2 N–H and O–H groups in total. The number of nitrogens with one attached hydrogen (secondary N) is 1. The highest BCUT2D eigenvalue weighted by molar-refractivity contribution is 5.16. The van der Waals surface area contributed by atoms with Crippen LogP contribution in [0.4, 0.5) is 0 Å². The highest BCUT2D eigenvalue weighted by Crippen LogP contribution is 2.15. The number of methoxy groups -OCH3 is 1. The van der Waals surface area contributed by atoms with E-state index in [-0.39, 0.29) is 6.10 Å². The maximum Gasteiger partial charge on any atom is 0.0897 e. The minimum Gasteiger partial charge on any atom is -0.389 e. The lowest BCUT2D eigenvalue weighted by Crippen LogP contribution is -2.32. The van der Waals surface area contributed by atoms with Crippen molar-refractivity contribution < 1.29 is 14.6 Å². The first-order valence-corrected chi connectivity index (χ1v) is 6.28. The van der Waals surface area contributed by atoms with Gasteiger partial charge < -0.3 is 19.9 Å². The second-order valence-electron chi connectivity index (χ2n) is 4.24. The summed E-state index contributed by atoms with van der Waals surface area (Å²) in [6.45, 7) is 4.22. The largest absolute Gasteiger partial charge is 0.389 e. The molecule has 0 unspecified atom stereocenters. The van der Waals surface area contributed by atoms with Crippen LogP contribution in [0, 0.1) is 0 Å². The molecule has 0 aliphatic heterocycles. The van der Waals surface area contributed by atoms with Gasteiger partial charge in [-0.25, -0.2) is 0 Å². The van der Waals surface area contributed by atoms with Gasteiger partial charge in [0.05, 0.1) is 25.4 Å². The Morgan fingerprint density at radius 3 is 2.67 bits per heavy atom. The van der Waals surface area contributed by atoms with E-state index in [1.807, 2.05) is 37.3 Å². The van der Waals surface area contributed by atoms with E-state index in [1.54, 1.807) is 7.11 Å². The zero-order valence-corrected chi connectivity index (χ0v) is 11.1. The van der Waals surface area contributed by atoms with Gasteiger partial charge in [0.2, 0.25) is 0 Å². The summed E-state index contributed by atoms with van der Waals surface area (Å²) < 4.78 is 10.5. The Kier molecular flexibility index (Phi) is 7.60. The van der Waals surface area contributed by atoms with E-state index < -0.39 is 6.10 Å². The molecule has 102 valence electrons. The van der Waals surface area contributed by atoms with Crippen molar-refractivity contribution in [1.29, 1.82) is 0 Å². The molecule has 18 heavy (non-hydrogen) atoms. The molecule has 0 aliphatic rings. The maximum atomic E-state index is 9.72. The van der Waals surface area contributed by atoms with E-state index in [2.05, 4.69) is 5.32 Å². The molecule has 4 nitrogen and oxygen atoms in total. The van der Waals surface area contributed by atoms with Crippen LogP contribution in [0.25, 0.3) is 0 Å². The molecule has 1 aromatic carbocycles. The van der Waals surface area contributed by atoms with Gasteiger partial charge in [0.15, 0.2) is 0 Å². The van der Waals surface area contributed by atoms with Crippen LogP contribution in [-0.4, -0.2) is 44.6 Å². The van der Waals surface area contributed by atoms with Gasteiger partial charge in [-0.3, -0.25) is 0 Å². The number of hydrogen-bond donors (Lipinski definition) is 2. The molecule has 0 radical (unpaired) electrons. The summed E-state index contributed by atoms with van der Waals surface area (Å²) in [6, 6.07) is 9.99. The fourth-order valence-corrected chi connectivity index (χ4v) is 1.58. The molecular weight excluding hydrogens is 230 g/mol. The highest BCUT2D eigenvalue weighted by Gasteiger charge is 2.09. The van der Waals surface area contributed by atoms with Gasteiger partial charge in [0.25, 0.3) is 0 Å². The summed E-state index contributed by atoms with van der Waals surface area (Å²) >= 11 is 0. The summed E-state index contributed by atoms with van der Waals surface area (Å²) in [4.78, 5) is 0. The monoisotopic (exact) mass is 253 g/mol. The van der Waals surface area contributed by atoms with Crippen LogP contribution in [-0.2, 0) is 9.47 Å². The van der Waals surface area contributed by atoms with Crippen molar-refractivity contribution in [3.05, 3.63) is 35.9 Å². The Hall–Kier alpha value is -0.940. The van der Waals surface area contributed by atoms with Crippen LogP contribution >= 0.6 is 0 Å². The van der Waals surface area contributed by atoms with E-state index in [0.717, 1.165) is 12.1 Å². The van der Waals surface area contributed by atoms with Crippen molar-refractivity contribution in [2.24, 2.45) is 0 Å². The molecule has 0 aliphatic carbocycles. The number of ether oxygens (including phenoxy) is 2. The van der Waals surface area contributed by atoms with Gasteiger partial charge >= 0.3 is 0 Å². The predicted molar refractivity (Wildman–Crippen MR) is 71.6 cm³/mol. The average Bonchev–Trinajstić information content (AvgIpc) is 2.42. The van der Waals surface area contributed by atoms with E-state index >= 15 is 0 Å². The van der Waals surface area contributed by atoms with Crippen molar-refractivity contribution in [3.63, 3.8) is 0 Å². The number of aliphatic hydroxyl groups excluding tert-OH is 1. The standard InChI is InChI=1S/C14H23NO3/c1-12(13-6-4-3-5-7-13)18-11-14(16)10-15-8-9-17-2/h3-7,12,14-16H,8-11H2,1-2H3/t12-,14-/m1/s1. The molecule has 4 heteroatoms. The second-order valence-corrected chi connectivity index (χ2v) is 4.24. The topological polar surface area (TPSA) is 50.7 Å². The lowest BCUT2D eigenvalue weighted by atomic mass is 10.1. The maximum absolute atomic E-state index is 9.72. The highest BCUT2D eigenvalue weighted by atomic mass is 16.5. The van der Waals surface area contributed by atoms with Crippen molar-refractivity contribution in [2.75, 3.05) is 33.4 Å². The molecule has 0 aromatic heterocycles. The third-order valence-electron chi connectivity index (χ3n) is 2.67. The Balaban J connectivity index is 2.16. The Morgan fingerprint density at radius 2 is 2.00 bits per heavy atom. The van der Waals surface area contributed by atoms with Crippen LogP contribution in [0.5, 0.6) is 0 Å². The first kappa shape index (κ1) is 15.1. The molecule has 1 aromatic rings. The molecule has 0 spiro atoms. The van der Waals surface area contributed by atoms with Crippen LogP contribution in [0.2, 0.25) is 0 Å². The van der Waals surface area contributed by atoms with E-state index in [9.17, 15) is 5.11 Å². The van der Waals surface area contributed by atoms with Crippen molar-refractivity contribution in [2.45, 2.75) is 19.1 Å². The number of hydrogen-bond acceptors (Lipinski definition) is 4. The van der Waals surface area contributed by atoms with Gasteiger partial charge in [0.1, 0.15) is 0 Å². The summed E-state index contributed by atoms with van der Waals surface area (Å²) in [5.74, 6) is 0. The number of aliphatic hydroxyl groups is 1. The predicted octanol–water partition coefficient (Wildman–Crippen LogP) is 1.36. The Bertz CT molecular complexity index is 305. The molecule has 2 atom stereocenters.